The minimum atomic E-state index is -0.745. The summed E-state index contributed by atoms with van der Waals surface area (Å²) in [6.07, 6.45) is 7.87. The lowest BCUT2D eigenvalue weighted by Gasteiger charge is -2.39. The van der Waals surface area contributed by atoms with Gasteiger partial charge in [0, 0.05) is 138 Å². The van der Waals surface area contributed by atoms with E-state index in [0.717, 1.165) is 60.6 Å². The highest BCUT2D eigenvalue weighted by atomic mass is 19.1. The summed E-state index contributed by atoms with van der Waals surface area (Å²) in [5, 5.41) is 9.17. The minimum Gasteiger partial charge on any atom is -0.388 e. The Morgan fingerprint density at radius 3 is 2.27 bits per heavy atom. The fourth-order valence-electron chi connectivity index (χ4n) is 10.0. The molecule has 0 saturated carbocycles. The molecule has 346 valence electrons. The molecule has 17 heteroatoms. The zero-order chi connectivity index (χ0) is 46.2. The predicted octanol–water partition coefficient (Wildman–Crippen LogP) is 5.93. The van der Waals surface area contributed by atoms with Gasteiger partial charge in [-0.2, -0.15) is 0 Å². The van der Waals surface area contributed by atoms with E-state index >= 15 is 13.2 Å². The van der Waals surface area contributed by atoms with Crippen LogP contribution in [0.5, 0.6) is 0 Å². The smallest absolute Gasteiger partial charge is 0.257 e. The van der Waals surface area contributed by atoms with Crippen molar-refractivity contribution in [1.29, 1.82) is 0 Å². The van der Waals surface area contributed by atoms with Crippen molar-refractivity contribution in [2.45, 2.75) is 51.1 Å². The summed E-state index contributed by atoms with van der Waals surface area (Å²) in [5.74, 6) is -2.60. The van der Waals surface area contributed by atoms with Crippen molar-refractivity contribution < 1.29 is 27.6 Å². The Labute approximate surface area is 381 Å². The maximum Gasteiger partial charge on any atom is 0.257 e. The van der Waals surface area contributed by atoms with Gasteiger partial charge in [0.05, 0.1) is 11.4 Å². The molecule has 2 atom stereocenters. The molecule has 3 fully saturated rings. The number of anilines is 3. The van der Waals surface area contributed by atoms with E-state index in [4.69, 9.17) is 0 Å². The number of aromatic nitrogens is 3. The molecule has 3 N–H and O–H groups in total. The first-order valence-corrected chi connectivity index (χ1v) is 22.8. The molecule has 0 spiro atoms. The first-order valence-electron chi connectivity index (χ1n) is 22.8. The number of benzene rings is 2. The van der Waals surface area contributed by atoms with Gasteiger partial charge in [-0.15, -0.1) is 0 Å². The number of nitrogens with one attached hydrogen (secondary N) is 3. The van der Waals surface area contributed by atoms with Crippen molar-refractivity contribution in [3.8, 4) is 5.69 Å². The summed E-state index contributed by atoms with van der Waals surface area (Å²) in [5.41, 5.74) is 4.50. The Kier molecular flexibility index (Phi) is 12.7. The van der Waals surface area contributed by atoms with E-state index in [0.29, 0.717) is 75.0 Å². The van der Waals surface area contributed by atoms with E-state index in [9.17, 15) is 19.2 Å². The maximum absolute atomic E-state index is 15.8. The number of halogens is 3. The number of pyridine rings is 2. The number of carbonyl (C=O) groups is 3. The number of hydrogen-bond donors (Lipinski definition) is 3. The molecule has 4 aliphatic heterocycles. The van der Waals surface area contributed by atoms with Gasteiger partial charge in [0.25, 0.3) is 11.5 Å². The van der Waals surface area contributed by atoms with Crippen LogP contribution in [0.1, 0.15) is 66.7 Å². The molecule has 14 nitrogen and oxygen atoms in total. The summed E-state index contributed by atoms with van der Waals surface area (Å²) in [4.78, 5) is 63.1. The van der Waals surface area contributed by atoms with Crippen molar-refractivity contribution >= 4 is 51.4 Å². The van der Waals surface area contributed by atoms with Crippen molar-refractivity contribution in [3.63, 3.8) is 0 Å². The zero-order valence-corrected chi connectivity index (χ0v) is 37.5. The average molecular weight is 905 g/mol. The summed E-state index contributed by atoms with van der Waals surface area (Å²) in [6.45, 7) is 7.77. The lowest BCUT2D eigenvalue weighted by atomic mass is 9.94. The monoisotopic (exact) mass is 904 g/mol. The highest BCUT2D eigenvalue weighted by Gasteiger charge is 2.31. The van der Waals surface area contributed by atoms with Gasteiger partial charge in [-0.3, -0.25) is 38.9 Å². The molecular weight excluding hydrogens is 850 g/mol. The number of piperidine rings is 2. The Bertz CT molecular complexity index is 2750. The first kappa shape index (κ1) is 44.7. The molecule has 7 heterocycles. The van der Waals surface area contributed by atoms with Gasteiger partial charge in [0.1, 0.15) is 29.1 Å². The first-order chi connectivity index (χ1) is 31.8. The van der Waals surface area contributed by atoms with Crippen LogP contribution in [0.2, 0.25) is 0 Å². The maximum atomic E-state index is 15.8. The van der Waals surface area contributed by atoms with Gasteiger partial charge in [-0.1, -0.05) is 6.08 Å². The van der Waals surface area contributed by atoms with Gasteiger partial charge in [0.15, 0.2) is 0 Å². The Balaban J connectivity index is 0.764. The van der Waals surface area contributed by atoms with E-state index in [1.54, 1.807) is 47.1 Å². The van der Waals surface area contributed by atoms with E-state index < -0.39 is 23.6 Å². The number of aryl methyl sites for hydroxylation is 1. The minimum absolute atomic E-state index is 0.00554. The largest absolute Gasteiger partial charge is 0.388 e. The van der Waals surface area contributed by atoms with Crippen LogP contribution in [-0.4, -0.2) is 119 Å². The normalized spacial score (nSPS) is 19.5. The second kappa shape index (κ2) is 18.8. The number of amides is 3. The fraction of sp³-hybridized carbons (Fsp3) is 0.408. The fourth-order valence-corrected chi connectivity index (χ4v) is 10.0. The molecule has 3 aromatic heterocycles. The Morgan fingerprint density at radius 1 is 0.848 bits per heavy atom. The summed E-state index contributed by atoms with van der Waals surface area (Å²) < 4.78 is 50.5. The molecular formula is C49H55F3N10O4. The van der Waals surface area contributed by atoms with E-state index in [1.807, 2.05) is 34.7 Å². The van der Waals surface area contributed by atoms with E-state index in [2.05, 4.69) is 43.7 Å². The molecule has 3 amide bonds. The highest BCUT2D eigenvalue weighted by molar-refractivity contribution is 6.01. The molecule has 9 rings (SSSR count). The van der Waals surface area contributed by atoms with Crippen LogP contribution in [0.25, 0.3) is 22.3 Å². The van der Waals surface area contributed by atoms with Gasteiger partial charge in [0.2, 0.25) is 11.8 Å². The van der Waals surface area contributed by atoms with Gasteiger partial charge < -0.3 is 25.0 Å². The highest BCUT2D eigenvalue weighted by Crippen LogP contribution is 2.35. The van der Waals surface area contributed by atoms with Crippen molar-refractivity contribution in [2.24, 2.45) is 13.0 Å². The van der Waals surface area contributed by atoms with Crippen molar-refractivity contribution in [3.05, 3.63) is 118 Å². The molecule has 1 unspecified atom stereocenters. The third kappa shape index (κ3) is 9.05. The quantitative estimate of drug-likeness (QED) is 0.137. The molecule has 3 saturated heterocycles. The number of piperazine rings is 1. The number of nitrogens with zero attached hydrogens (tertiary/aromatic N) is 7. The lowest BCUT2D eigenvalue weighted by molar-refractivity contribution is -0.133. The molecule has 5 aromatic rings. The standard InChI is InChI=1S/C49H55F3N10O4/c1-30(43-28-36-41(8-14-54-47(36)57(43)3)62-19-13-34(53-2)27-45(62)64)59-17-11-32(12-18-59)46-38(51)24-33(25-39(46)52)49(66)61-15-9-31(10-16-61)29-58-20-22-60(23-21-58)42-6-4-35(26-37(42)50)55-40-5-7-44(63)56-48(40)65/h4,6,8,11,13-14,19,24-28,30-31,40,53,55H,5,7,9-10,12,15-18,20-23,29H2,1-3H3,(H,56,63,65)/t30-,40?/m0/s1. The molecule has 4 aliphatic rings. The average Bonchev–Trinajstić information content (AvgIpc) is 3.66. The zero-order valence-electron chi connectivity index (χ0n) is 37.5. The van der Waals surface area contributed by atoms with Gasteiger partial charge in [-0.05, 0) is 92.6 Å². The topological polar surface area (TPSA) is 140 Å². The van der Waals surface area contributed by atoms with E-state index in [1.165, 1.54) is 18.2 Å². The van der Waals surface area contributed by atoms with Crippen LogP contribution in [0.15, 0.2) is 77.9 Å². The third-order valence-corrected chi connectivity index (χ3v) is 13.9. The van der Waals surface area contributed by atoms with Crippen LogP contribution in [0.4, 0.5) is 30.2 Å². The SMILES string of the molecule is CNc1ccn(-c2ccnc3c2cc([C@H](C)N2CC=C(c4c(F)cc(C(=O)N5CCC(CN6CCN(c7ccc(NC8CCC(=O)NC8=O)cc7F)CC6)CC5)cc4F)CC2)n3C)c(=O)c1. The lowest BCUT2D eigenvalue weighted by Crippen LogP contribution is -2.49. The van der Waals surface area contributed by atoms with Crippen LogP contribution in [-0.2, 0) is 16.6 Å². The third-order valence-electron chi connectivity index (χ3n) is 13.9. The van der Waals surface area contributed by atoms with Crippen LogP contribution < -0.4 is 26.4 Å². The number of fused-ring (bicyclic) bond motifs is 1. The molecule has 0 radical (unpaired) electrons. The van der Waals surface area contributed by atoms with Crippen molar-refractivity contribution in [1.82, 2.24) is 34.1 Å². The van der Waals surface area contributed by atoms with E-state index in [-0.39, 0.29) is 46.8 Å². The number of rotatable bonds is 11. The summed E-state index contributed by atoms with van der Waals surface area (Å²) in [7, 11) is 3.72. The molecule has 0 aliphatic carbocycles. The summed E-state index contributed by atoms with van der Waals surface area (Å²) in [6, 6.07) is 13.8. The number of likely N-dealkylation sites (tertiary alicyclic amines) is 1. The second-order valence-electron chi connectivity index (χ2n) is 17.9. The molecule has 2 aromatic carbocycles. The van der Waals surface area contributed by atoms with Crippen LogP contribution in [0, 0.1) is 23.4 Å². The molecule has 0 bridgehead atoms. The van der Waals surface area contributed by atoms with Crippen LogP contribution in [0.3, 0.4) is 0 Å². The number of imide groups is 1. The predicted molar refractivity (Wildman–Crippen MR) is 248 cm³/mol. The van der Waals surface area contributed by atoms with Crippen molar-refractivity contribution in [2.75, 3.05) is 81.5 Å². The number of carbonyl (C=O) groups excluding carboxylic acids is 3. The van der Waals surface area contributed by atoms with Crippen LogP contribution >= 0.6 is 0 Å². The second-order valence-corrected chi connectivity index (χ2v) is 17.9. The Hall–Kier alpha value is -6.46. The number of hydrogen-bond acceptors (Lipinski definition) is 10. The van der Waals surface area contributed by atoms with Gasteiger partial charge in [-0.25, -0.2) is 18.2 Å². The molecule has 66 heavy (non-hydrogen) atoms. The summed E-state index contributed by atoms with van der Waals surface area (Å²) >= 11 is 0. The Morgan fingerprint density at radius 2 is 1.61 bits per heavy atom. The van der Waals surface area contributed by atoms with Gasteiger partial charge >= 0.3 is 0 Å².